The van der Waals surface area contributed by atoms with Gasteiger partial charge in [0.25, 0.3) is 0 Å². The molecule has 0 aromatic heterocycles. The van der Waals surface area contributed by atoms with Gasteiger partial charge >= 0.3 is 17.9 Å². The topological polar surface area (TPSA) is 78.9 Å². The van der Waals surface area contributed by atoms with Crippen LogP contribution < -0.4 is 0 Å². The second kappa shape index (κ2) is 70.0. The number of hydrogen-bond acceptors (Lipinski definition) is 6. The third kappa shape index (κ3) is 68.2. The van der Waals surface area contributed by atoms with Crippen LogP contribution >= 0.6 is 0 Å². The van der Waals surface area contributed by atoms with Crippen LogP contribution in [0.25, 0.3) is 0 Å². The Balaban J connectivity index is 4.46. The molecule has 0 aromatic carbocycles. The largest absolute Gasteiger partial charge is 0.462 e. The number of rotatable bonds is 62. The van der Waals surface area contributed by atoms with Crippen molar-refractivity contribution in [2.75, 3.05) is 13.2 Å². The van der Waals surface area contributed by atoms with E-state index in [2.05, 4.69) is 154 Å². The van der Waals surface area contributed by atoms with Gasteiger partial charge in [-0.2, -0.15) is 0 Å². The average Bonchev–Trinajstić information content (AvgIpc) is 3.49. The van der Waals surface area contributed by atoms with E-state index in [0.717, 1.165) is 135 Å². The first-order chi connectivity index (χ1) is 41.0. The second-order valence-corrected chi connectivity index (χ2v) is 22.7. The number of esters is 3. The lowest BCUT2D eigenvalue weighted by atomic mass is 10.0. The molecule has 1 unspecified atom stereocenters. The molecule has 0 aliphatic carbocycles. The van der Waals surface area contributed by atoms with Gasteiger partial charge in [0.15, 0.2) is 6.10 Å². The maximum absolute atomic E-state index is 13.0. The van der Waals surface area contributed by atoms with Crippen molar-refractivity contribution < 1.29 is 28.6 Å². The van der Waals surface area contributed by atoms with E-state index < -0.39 is 6.10 Å². The van der Waals surface area contributed by atoms with Crippen molar-refractivity contribution in [3.63, 3.8) is 0 Å². The lowest BCUT2D eigenvalue weighted by molar-refractivity contribution is -0.167. The summed E-state index contributed by atoms with van der Waals surface area (Å²) in [4.78, 5) is 38.5. The predicted molar refractivity (Wildman–Crippen MR) is 362 cm³/mol. The summed E-state index contributed by atoms with van der Waals surface area (Å²) in [5, 5.41) is 0. The van der Waals surface area contributed by atoms with E-state index >= 15 is 0 Å². The average molecular weight is 1150 g/mol. The molecule has 0 N–H and O–H groups in total. The molecule has 6 nitrogen and oxygen atoms in total. The molecule has 0 fully saturated rings. The molecular formula is C77H128O6. The van der Waals surface area contributed by atoms with E-state index in [1.807, 2.05) is 0 Å². The fourth-order valence-electron chi connectivity index (χ4n) is 9.49. The van der Waals surface area contributed by atoms with Gasteiger partial charge in [-0.3, -0.25) is 14.4 Å². The Morgan fingerprint density at radius 2 is 0.470 bits per heavy atom. The van der Waals surface area contributed by atoms with Crippen LogP contribution in [0.3, 0.4) is 0 Å². The Morgan fingerprint density at radius 1 is 0.253 bits per heavy atom. The summed E-state index contributed by atoms with van der Waals surface area (Å²) in [6, 6.07) is 0. The quantitative estimate of drug-likeness (QED) is 0.0261. The Hall–Kier alpha value is -4.45. The van der Waals surface area contributed by atoms with E-state index in [-0.39, 0.29) is 31.1 Å². The van der Waals surface area contributed by atoms with Crippen LogP contribution in [0.15, 0.2) is 134 Å². The molecule has 0 radical (unpaired) electrons. The van der Waals surface area contributed by atoms with Gasteiger partial charge in [0.1, 0.15) is 13.2 Å². The van der Waals surface area contributed by atoms with Crippen LogP contribution in [0.2, 0.25) is 0 Å². The van der Waals surface area contributed by atoms with Gasteiger partial charge < -0.3 is 14.2 Å². The molecule has 83 heavy (non-hydrogen) atoms. The van der Waals surface area contributed by atoms with E-state index in [9.17, 15) is 14.4 Å². The smallest absolute Gasteiger partial charge is 0.306 e. The van der Waals surface area contributed by atoms with Gasteiger partial charge in [-0.25, -0.2) is 0 Å². The van der Waals surface area contributed by atoms with Crippen LogP contribution in [0.1, 0.15) is 316 Å². The molecule has 0 aliphatic heterocycles. The maximum Gasteiger partial charge on any atom is 0.306 e. The van der Waals surface area contributed by atoms with Gasteiger partial charge in [0, 0.05) is 19.3 Å². The first-order valence-corrected chi connectivity index (χ1v) is 34.7. The Morgan fingerprint density at radius 3 is 0.759 bits per heavy atom. The van der Waals surface area contributed by atoms with Crippen molar-refractivity contribution in [1.29, 1.82) is 0 Å². The molecule has 0 saturated heterocycles. The minimum Gasteiger partial charge on any atom is -0.462 e. The summed E-state index contributed by atoms with van der Waals surface area (Å²) in [6.45, 7) is 6.40. The summed E-state index contributed by atoms with van der Waals surface area (Å²) in [5.74, 6) is -0.933. The molecule has 0 spiro atoms. The van der Waals surface area contributed by atoms with Gasteiger partial charge in [-0.1, -0.05) is 296 Å². The minimum atomic E-state index is -0.804. The molecule has 6 heteroatoms. The van der Waals surface area contributed by atoms with Crippen LogP contribution in [0.4, 0.5) is 0 Å². The van der Waals surface area contributed by atoms with Gasteiger partial charge in [0.2, 0.25) is 0 Å². The first kappa shape index (κ1) is 78.5. The number of ether oxygens (including phenoxy) is 3. The molecule has 0 amide bonds. The third-order valence-corrected chi connectivity index (χ3v) is 14.6. The van der Waals surface area contributed by atoms with Crippen molar-refractivity contribution in [3.05, 3.63) is 134 Å². The predicted octanol–water partition coefficient (Wildman–Crippen LogP) is 24.1. The van der Waals surface area contributed by atoms with Gasteiger partial charge in [0.05, 0.1) is 0 Å². The molecule has 0 aromatic rings. The number of carbonyl (C=O) groups excluding carboxylic acids is 3. The van der Waals surface area contributed by atoms with E-state index in [0.29, 0.717) is 19.3 Å². The number of allylic oxidation sites excluding steroid dienone is 22. The highest BCUT2D eigenvalue weighted by atomic mass is 16.6. The molecule has 0 aliphatic rings. The highest BCUT2D eigenvalue weighted by molar-refractivity contribution is 5.71. The number of carbonyl (C=O) groups is 3. The van der Waals surface area contributed by atoms with E-state index in [1.165, 1.54) is 141 Å². The van der Waals surface area contributed by atoms with Gasteiger partial charge in [-0.05, 0) is 135 Å². The molecule has 0 saturated carbocycles. The standard InChI is InChI=1S/C77H128O6/c1-4-7-10-13-16-19-22-25-28-31-34-36-38-40-43-46-49-52-55-58-61-64-67-70-76(79)82-73-74(72-81-75(78)69-66-63-60-57-54-51-48-45-42-33-30-27-24-21-18-15-12-9-6-3)83-77(80)71-68-65-62-59-56-53-50-47-44-41-39-37-35-32-29-26-23-20-17-14-11-8-5-2/h7,9-10,12,16,18-19,21,25,27-28,30,32,34-36,40,42-43,45,51,54,74H,4-6,8,11,13-15,17,20,22-24,26,29,31,33,37-39,41,44,46-50,52-53,55-73H2,1-3H3/b10-7-,12-9-,19-16-,21-18-,28-25-,30-27-,35-32-,36-34-,43-40-,45-42-,54-51-. The summed E-state index contributed by atoms with van der Waals surface area (Å²) < 4.78 is 17.0. The summed E-state index contributed by atoms with van der Waals surface area (Å²) in [7, 11) is 0. The van der Waals surface area contributed by atoms with Crippen LogP contribution in [-0.4, -0.2) is 37.2 Å². The van der Waals surface area contributed by atoms with Crippen LogP contribution in [0, 0.1) is 0 Å². The highest BCUT2D eigenvalue weighted by Crippen LogP contribution is 2.16. The van der Waals surface area contributed by atoms with Crippen molar-refractivity contribution in [2.45, 2.75) is 322 Å². The number of unbranched alkanes of at least 4 members (excludes halogenated alkanes) is 29. The van der Waals surface area contributed by atoms with Crippen molar-refractivity contribution in [2.24, 2.45) is 0 Å². The summed E-state index contributed by atoms with van der Waals surface area (Å²) in [5.41, 5.74) is 0. The fourth-order valence-corrected chi connectivity index (χ4v) is 9.49. The van der Waals surface area contributed by atoms with Crippen LogP contribution in [-0.2, 0) is 28.6 Å². The first-order valence-electron chi connectivity index (χ1n) is 34.7. The normalized spacial score (nSPS) is 13.0. The zero-order chi connectivity index (χ0) is 59.9. The lowest BCUT2D eigenvalue weighted by Gasteiger charge is -2.18. The fraction of sp³-hybridized carbons (Fsp3) is 0.675. The van der Waals surface area contributed by atoms with E-state index in [4.69, 9.17) is 14.2 Å². The minimum absolute atomic E-state index is 0.0978. The molecule has 0 bridgehead atoms. The summed E-state index contributed by atoms with van der Waals surface area (Å²) >= 11 is 0. The van der Waals surface area contributed by atoms with Gasteiger partial charge in [-0.15, -0.1) is 0 Å². The SMILES string of the molecule is CC/C=C\C/C=C\C/C=C\C/C=C\C/C=C\CCCCCCCCCC(=O)OCC(COC(=O)CCCCC/C=C\C/C=C\C/C=C\C/C=C\C/C=C\CC)OC(=O)CCCCCCCCCCCCC/C=C\CCCCCCCCCC. The molecule has 0 rings (SSSR count). The second-order valence-electron chi connectivity index (χ2n) is 22.7. The van der Waals surface area contributed by atoms with Crippen LogP contribution in [0.5, 0.6) is 0 Å². The zero-order valence-corrected chi connectivity index (χ0v) is 54.2. The molecular weight excluding hydrogens is 1020 g/mol. The Kier molecular flexibility index (Phi) is 66.3. The molecule has 0 heterocycles. The monoisotopic (exact) mass is 1150 g/mol. The van der Waals surface area contributed by atoms with E-state index in [1.54, 1.807) is 0 Å². The third-order valence-electron chi connectivity index (χ3n) is 14.6. The zero-order valence-electron chi connectivity index (χ0n) is 54.2. The lowest BCUT2D eigenvalue weighted by Crippen LogP contribution is -2.30. The number of hydrogen-bond donors (Lipinski definition) is 0. The molecule has 1 atom stereocenters. The molecule has 472 valence electrons. The van der Waals surface area contributed by atoms with Crippen molar-refractivity contribution >= 4 is 17.9 Å². The maximum atomic E-state index is 13.0. The summed E-state index contributed by atoms with van der Waals surface area (Å²) in [6.07, 6.45) is 98.9. The van der Waals surface area contributed by atoms with Crippen molar-refractivity contribution in [3.8, 4) is 0 Å². The highest BCUT2D eigenvalue weighted by Gasteiger charge is 2.19. The Labute approximate surface area is 513 Å². The van der Waals surface area contributed by atoms with Crippen molar-refractivity contribution in [1.82, 2.24) is 0 Å². The Bertz CT molecular complexity index is 1750.